The normalized spacial score (nSPS) is 16.4. The second-order valence-corrected chi connectivity index (χ2v) is 8.77. The van der Waals surface area contributed by atoms with Crippen molar-refractivity contribution in [3.8, 4) is 5.75 Å². The summed E-state index contributed by atoms with van der Waals surface area (Å²) in [5, 5.41) is 2.75. The van der Waals surface area contributed by atoms with Crippen molar-refractivity contribution in [1.82, 2.24) is 4.72 Å². The number of carbonyl (C=O) groups is 2. The molecule has 166 valence electrons. The van der Waals surface area contributed by atoms with Gasteiger partial charge in [0, 0.05) is 38.0 Å². The molecule has 0 bridgehead atoms. The van der Waals surface area contributed by atoms with E-state index in [-0.39, 0.29) is 42.8 Å². The predicted molar refractivity (Wildman–Crippen MR) is 116 cm³/mol. The summed E-state index contributed by atoms with van der Waals surface area (Å²) in [7, 11) is -0.595. The number of sulfonamides is 1. The Morgan fingerprint density at radius 3 is 2.39 bits per heavy atom. The summed E-state index contributed by atoms with van der Waals surface area (Å²) >= 11 is 0. The Bertz CT molecular complexity index is 1020. The molecule has 9 nitrogen and oxygen atoms in total. The molecule has 0 aliphatic carbocycles. The molecule has 2 aromatic carbocycles. The van der Waals surface area contributed by atoms with Gasteiger partial charge in [0.1, 0.15) is 5.75 Å². The first-order valence-electron chi connectivity index (χ1n) is 9.68. The van der Waals surface area contributed by atoms with E-state index in [0.717, 1.165) is 0 Å². The first kappa shape index (κ1) is 22.7. The molecule has 2 N–H and O–H groups in total. The van der Waals surface area contributed by atoms with Crippen molar-refractivity contribution in [1.29, 1.82) is 0 Å². The van der Waals surface area contributed by atoms with Crippen LogP contribution in [-0.4, -0.2) is 54.1 Å². The van der Waals surface area contributed by atoms with Crippen LogP contribution in [-0.2, 0) is 24.3 Å². The molecule has 1 heterocycles. The maximum absolute atomic E-state index is 12.6. The van der Waals surface area contributed by atoms with Gasteiger partial charge in [0.05, 0.1) is 24.5 Å². The molecule has 1 aliphatic heterocycles. The van der Waals surface area contributed by atoms with Crippen LogP contribution in [0.25, 0.3) is 0 Å². The zero-order chi connectivity index (χ0) is 22.4. The van der Waals surface area contributed by atoms with Crippen molar-refractivity contribution < 1.29 is 27.5 Å². The summed E-state index contributed by atoms with van der Waals surface area (Å²) in [5.41, 5.74) is 1.16. The number of carbonyl (C=O) groups excluding carboxylic acids is 2. The van der Waals surface area contributed by atoms with Crippen molar-refractivity contribution in [2.45, 2.75) is 11.3 Å². The molecule has 0 spiro atoms. The summed E-state index contributed by atoms with van der Waals surface area (Å²) < 4.78 is 36.8. The van der Waals surface area contributed by atoms with Crippen LogP contribution >= 0.6 is 0 Å². The van der Waals surface area contributed by atoms with Crippen LogP contribution in [0.4, 0.5) is 11.4 Å². The van der Waals surface area contributed by atoms with Crippen molar-refractivity contribution in [3.63, 3.8) is 0 Å². The van der Waals surface area contributed by atoms with Crippen molar-refractivity contribution in [2.24, 2.45) is 5.92 Å². The van der Waals surface area contributed by atoms with Gasteiger partial charge in [-0.1, -0.05) is 0 Å². The van der Waals surface area contributed by atoms with E-state index in [0.29, 0.717) is 17.1 Å². The molecule has 1 fully saturated rings. The smallest absolute Gasteiger partial charge is 0.240 e. The van der Waals surface area contributed by atoms with Crippen LogP contribution in [0.15, 0.2) is 53.4 Å². The standard InChI is InChI=1S/C21H25N3O6S/c1-29-12-11-22-31(27,28)19-9-3-16(4-10-19)23-21(26)15-13-20(25)24(14-15)17-5-7-18(30-2)8-6-17/h3-10,15,22H,11-14H2,1-2H3,(H,23,26). The highest BCUT2D eigenvalue weighted by Crippen LogP contribution is 2.27. The molecule has 2 aromatic rings. The van der Waals surface area contributed by atoms with Gasteiger partial charge in [0.15, 0.2) is 0 Å². The molecule has 1 atom stereocenters. The zero-order valence-corrected chi connectivity index (χ0v) is 18.1. The van der Waals surface area contributed by atoms with E-state index in [2.05, 4.69) is 10.0 Å². The number of nitrogens with zero attached hydrogens (tertiary/aromatic N) is 1. The summed E-state index contributed by atoms with van der Waals surface area (Å²) in [6.45, 7) is 0.700. The molecule has 10 heteroatoms. The third-order valence-corrected chi connectivity index (χ3v) is 6.39. The van der Waals surface area contributed by atoms with Gasteiger partial charge in [-0.3, -0.25) is 9.59 Å². The van der Waals surface area contributed by atoms with Crippen molar-refractivity contribution in [3.05, 3.63) is 48.5 Å². The van der Waals surface area contributed by atoms with Crippen LogP contribution in [0.1, 0.15) is 6.42 Å². The largest absolute Gasteiger partial charge is 0.497 e. The van der Waals surface area contributed by atoms with E-state index in [1.54, 1.807) is 36.3 Å². The molecule has 3 rings (SSSR count). The lowest BCUT2D eigenvalue weighted by Gasteiger charge is -2.17. The second-order valence-electron chi connectivity index (χ2n) is 7.01. The molecule has 1 aliphatic rings. The maximum atomic E-state index is 12.6. The zero-order valence-electron chi connectivity index (χ0n) is 17.3. The Kier molecular flexibility index (Phi) is 7.26. The molecule has 1 unspecified atom stereocenters. The fourth-order valence-corrected chi connectivity index (χ4v) is 4.23. The fourth-order valence-electron chi connectivity index (χ4n) is 3.22. The minimum atomic E-state index is -3.65. The second kappa shape index (κ2) is 9.90. The molecule has 31 heavy (non-hydrogen) atoms. The van der Waals surface area contributed by atoms with Crippen LogP contribution < -0.4 is 19.7 Å². The van der Waals surface area contributed by atoms with Gasteiger partial charge in [0.25, 0.3) is 0 Å². The lowest BCUT2D eigenvalue weighted by Crippen LogP contribution is -2.28. The topological polar surface area (TPSA) is 114 Å². The molecule has 0 saturated carbocycles. The molecule has 2 amide bonds. The Labute approximate surface area is 181 Å². The number of hydrogen-bond donors (Lipinski definition) is 2. The fraction of sp³-hybridized carbons (Fsp3) is 0.333. The van der Waals surface area contributed by atoms with E-state index < -0.39 is 15.9 Å². The van der Waals surface area contributed by atoms with E-state index in [1.807, 2.05) is 0 Å². The van der Waals surface area contributed by atoms with E-state index in [9.17, 15) is 18.0 Å². The first-order valence-corrected chi connectivity index (χ1v) is 11.2. The summed E-state index contributed by atoms with van der Waals surface area (Å²) in [6.07, 6.45) is 0.105. The highest BCUT2D eigenvalue weighted by molar-refractivity contribution is 7.89. The molecule has 0 radical (unpaired) electrons. The average Bonchev–Trinajstić information content (AvgIpc) is 3.16. The SMILES string of the molecule is COCCNS(=O)(=O)c1ccc(NC(=O)C2CC(=O)N(c3ccc(OC)cc3)C2)cc1. The summed E-state index contributed by atoms with van der Waals surface area (Å²) in [6, 6.07) is 12.9. The van der Waals surface area contributed by atoms with Gasteiger partial charge in [-0.25, -0.2) is 13.1 Å². The first-order chi connectivity index (χ1) is 14.8. The highest BCUT2D eigenvalue weighted by Gasteiger charge is 2.35. The Morgan fingerprint density at radius 2 is 1.77 bits per heavy atom. The Hall–Kier alpha value is -2.95. The Balaban J connectivity index is 1.60. The van der Waals surface area contributed by atoms with Gasteiger partial charge in [-0.15, -0.1) is 0 Å². The van der Waals surface area contributed by atoms with Gasteiger partial charge in [0.2, 0.25) is 21.8 Å². The van der Waals surface area contributed by atoms with Crippen molar-refractivity contribution >= 4 is 33.2 Å². The lowest BCUT2D eigenvalue weighted by atomic mass is 10.1. The number of rotatable bonds is 9. The third-order valence-electron chi connectivity index (χ3n) is 4.91. The Morgan fingerprint density at radius 1 is 1.10 bits per heavy atom. The maximum Gasteiger partial charge on any atom is 0.240 e. The van der Waals surface area contributed by atoms with E-state index in [1.165, 1.54) is 31.4 Å². The number of hydrogen-bond acceptors (Lipinski definition) is 6. The molecular weight excluding hydrogens is 422 g/mol. The van der Waals surface area contributed by atoms with E-state index >= 15 is 0 Å². The molecular formula is C21H25N3O6S. The number of nitrogens with one attached hydrogen (secondary N) is 2. The van der Waals surface area contributed by atoms with Crippen molar-refractivity contribution in [2.75, 3.05) is 44.1 Å². The van der Waals surface area contributed by atoms with Crippen LogP contribution in [0.3, 0.4) is 0 Å². The minimum absolute atomic E-state index is 0.0864. The minimum Gasteiger partial charge on any atom is -0.497 e. The average molecular weight is 448 g/mol. The van der Waals surface area contributed by atoms with Gasteiger partial charge in [-0.2, -0.15) is 0 Å². The van der Waals surface area contributed by atoms with Gasteiger partial charge >= 0.3 is 0 Å². The predicted octanol–water partition coefficient (Wildman–Crippen LogP) is 1.61. The monoisotopic (exact) mass is 447 g/mol. The molecule has 1 saturated heterocycles. The lowest BCUT2D eigenvalue weighted by molar-refractivity contribution is -0.122. The number of amides is 2. The number of benzene rings is 2. The van der Waals surface area contributed by atoms with Crippen LogP contribution in [0.2, 0.25) is 0 Å². The van der Waals surface area contributed by atoms with Gasteiger partial charge < -0.3 is 19.7 Å². The van der Waals surface area contributed by atoms with E-state index in [4.69, 9.17) is 9.47 Å². The summed E-state index contributed by atoms with van der Waals surface area (Å²) in [5.74, 6) is -0.246. The molecule has 0 aromatic heterocycles. The summed E-state index contributed by atoms with van der Waals surface area (Å²) in [4.78, 5) is 26.7. The van der Waals surface area contributed by atoms with Crippen LogP contribution in [0.5, 0.6) is 5.75 Å². The third kappa shape index (κ3) is 5.60. The number of methoxy groups -OCH3 is 2. The number of anilines is 2. The highest BCUT2D eigenvalue weighted by atomic mass is 32.2. The van der Waals surface area contributed by atoms with Gasteiger partial charge in [-0.05, 0) is 48.5 Å². The number of ether oxygens (including phenoxy) is 2. The quantitative estimate of drug-likeness (QED) is 0.565. The van der Waals surface area contributed by atoms with Crippen LogP contribution in [0, 0.1) is 5.92 Å².